The maximum atomic E-state index is 11.9. The van der Waals surface area contributed by atoms with Crippen LogP contribution in [-0.2, 0) is 4.79 Å². The topological polar surface area (TPSA) is 38.3 Å². The number of ether oxygens (including phenoxy) is 1. The van der Waals surface area contributed by atoms with Gasteiger partial charge in [-0.15, -0.1) is 23.5 Å². The molecule has 2 aromatic carbocycles. The van der Waals surface area contributed by atoms with Crippen LogP contribution in [0.5, 0.6) is 5.75 Å². The Hall–Kier alpha value is -1.59. The van der Waals surface area contributed by atoms with Gasteiger partial charge in [0.2, 0.25) is 5.91 Å². The first-order valence-corrected chi connectivity index (χ1v) is 8.63. The largest absolute Gasteiger partial charge is 0.497 e. The Morgan fingerprint density at radius 1 is 1.05 bits per heavy atom. The zero-order chi connectivity index (χ0) is 15.1. The molecular formula is C16H17NO2S2. The maximum Gasteiger partial charge on any atom is 0.234 e. The van der Waals surface area contributed by atoms with Crippen LogP contribution in [0.4, 0.5) is 5.69 Å². The van der Waals surface area contributed by atoms with E-state index in [0.29, 0.717) is 5.75 Å². The summed E-state index contributed by atoms with van der Waals surface area (Å²) in [5, 5.41) is 2.89. The molecule has 0 fully saturated rings. The van der Waals surface area contributed by atoms with Gasteiger partial charge in [-0.05, 0) is 54.8 Å². The number of methoxy groups -OCH3 is 1. The molecule has 110 valence electrons. The number of nitrogens with one attached hydrogen (secondary N) is 1. The Kier molecular flexibility index (Phi) is 6.02. The number of benzene rings is 2. The van der Waals surface area contributed by atoms with Gasteiger partial charge in [0, 0.05) is 15.5 Å². The van der Waals surface area contributed by atoms with Crippen molar-refractivity contribution < 1.29 is 9.53 Å². The van der Waals surface area contributed by atoms with Crippen LogP contribution >= 0.6 is 23.5 Å². The van der Waals surface area contributed by atoms with Crippen molar-refractivity contribution in [3.63, 3.8) is 0 Å². The maximum absolute atomic E-state index is 11.9. The fraction of sp³-hybridized carbons (Fsp3) is 0.188. The summed E-state index contributed by atoms with van der Waals surface area (Å²) in [6.45, 7) is 0. The zero-order valence-corrected chi connectivity index (χ0v) is 13.6. The van der Waals surface area contributed by atoms with Crippen LogP contribution in [0.1, 0.15) is 0 Å². The zero-order valence-electron chi connectivity index (χ0n) is 12.0. The highest BCUT2D eigenvalue weighted by atomic mass is 32.2. The molecule has 0 aliphatic rings. The third-order valence-electron chi connectivity index (χ3n) is 2.80. The fourth-order valence-corrected chi connectivity index (χ4v) is 2.80. The van der Waals surface area contributed by atoms with Crippen molar-refractivity contribution >= 4 is 35.1 Å². The van der Waals surface area contributed by atoms with Crippen LogP contribution < -0.4 is 10.1 Å². The quantitative estimate of drug-likeness (QED) is 0.812. The van der Waals surface area contributed by atoms with Gasteiger partial charge in [-0.1, -0.05) is 0 Å². The van der Waals surface area contributed by atoms with Gasteiger partial charge in [0.15, 0.2) is 0 Å². The van der Waals surface area contributed by atoms with E-state index >= 15 is 0 Å². The fourth-order valence-electron chi connectivity index (χ4n) is 1.69. The molecule has 2 rings (SSSR count). The molecule has 0 aliphatic heterocycles. The molecule has 0 bridgehead atoms. The van der Waals surface area contributed by atoms with E-state index in [1.165, 1.54) is 16.7 Å². The predicted molar refractivity (Wildman–Crippen MR) is 90.6 cm³/mol. The van der Waals surface area contributed by atoms with Gasteiger partial charge in [-0.2, -0.15) is 0 Å². The lowest BCUT2D eigenvalue weighted by Gasteiger charge is -2.06. The van der Waals surface area contributed by atoms with Crippen molar-refractivity contribution in [1.82, 2.24) is 0 Å². The highest BCUT2D eigenvalue weighted by Crippen LogP contribution is 2.22. The second-order valence-electron chi connectivity index (χ2n) is 4.24. The van der Waals surface area contributed by atoms with Crippen LogP contribution in [0, 0.1) is 0 Å². The lowest BCUT2D eigenvalue weighted by Crippen LogP contribution is -2.13. The van der Waals surface area contributed by atoms with Gasteiger partial charge in [-0.3, -0.25) is 4.79 Å². The van der Waals surface area contributed by atoms with Crippen LogP contribution in [-0.4, -0.2) is 25.0 Å². The SMILES string of the molecule is COc1ccc(SCC(=O)Nc2ccc(SC)cc2)cc1. The number of hydrogen-bond donors (Lipinski definition) is 1. The number of rotatable bonds is 6. The molecule has 2 aromatic rings. The summed E-state index contributed by atoms with van der Waals surface area (Å²) in [5.41, 5.74) is 0.827. The van der Waals surface area contributed by atoms with E-state index in [4.69, 9.17) is 4.74 Å². The van der Waals surface area contributed by atoms with Crippen molar-refractivity contribution in [2.75, 3.05) is 24.4 Å². The average Bonchev–Trinajstić information content (AvgIpc) is 2.54. The molecule has 0 aliphatic carbocycles. The molecule has 0 heterocycles. The standard InChI is InChI=1S/C16H17NO2S2/c1-19-13-5-9-15(10-6-13)21-11-16(18)17-12-3-7-14(20-2)8-4-12/h3-10H,11H2,1-2H3,(H,17,18). The van der Waals surface area contributed by atoms with E-state index in [1.807, 2.05) is 54.8 Å². The molecule has 21 heavy (non-hydrogen) atoms. The van der Waals surface area contributed by atoms with Crippen molar-refractivity contribution in [3.05, 3.63) is 48.5 Å². The molecule has 5 heteroatoms. The average molecular weight is 319 g/mol. The first-order chi connectivity index (χ1) is 10.2. The molecule has 3 nitrogen and oxygen atoms in total. The predicted octanol–water partition coefficient (Wildman–Crippen LogP) is 4.15. The summed E-state index contributed by atoms with van der Waals surface area (Å²) in [6.07, 6.45) is 2.03. The molecule has 1 amide bonds. The first kappa shape index (κ1) is 15.8. The van der Waals surface area contributed by atoms with Crippen molar-refractivity contribution in [1.29, 1.82) is 0 Å². The molecule has 0 radical (unpaired) electrons. The molecule has 0 aromatic heterocycles. The Bertz CT molecular complexity index is 582. The normalized spacial score (nSPS) is 10.2. The summed E-state index contributed by atoms with van der Waals surface area (Å²) in [4.78, 5) is 14.1. The summed E-state index contributed by atoms with van der Waals surface area (Å²) < 4.78 is 5.10. The summed E-state index contributed by atoms with van der Waals surface area (Å²) in [5.74, 6) is 1.20. The van der Waals surface area contributed by atoms with Gasteiger partial charge in [0.25, 0.3) is 0 Å². The number of hydrogen-bond acceptors (Lipinski definition) is 4. The van der Waals surface area contributed by atoms with E-state index in [1.54, 1.807) is 18.9 Å². The highest BCUT2D eigenvalue weighted by molar-refractivity contribution is 8.00. The minimum atomic E-state index is -0.00674. The molecule has 0 unspecified atom stereocenters. The number of carbonyl (C=O) groups is 1. The molecule has 0 saturated carbocycles. The second-order valence-corrected chi connectivity index (χ2v) is 6.17. The second kappa shape index (κ2) is 8.00. The lowest BCUT2D eigenvalue weighted by molar-refractivity contribution is -0.113. The Morgan fingerprint density at radius 2 is 1.67 bits per heavy atom. The summed E-state index contributed by atoms with van der Waals surface area (Å²) in [6, 6.07) is 15.5. The van der Waals surface area contributed by atoms with Gasteiger partial charge in [-0.25, -0.2) is 0 Å². The molecular weight excluding hydrogens is 302 g/mol. The van der Waals surface area contributed by atoms with E-state index in [0.717, 1.165) is 16.3 Å². The van der Waals surface area contributed by atoms with Crippen molar-refractivity contribution in [3.8, 4) is 5.75 Å². The first-order valence-electron chi connectivity index (χ1n) is 6.42. The number of carbonyl (C=O) groups excluding carboxylic acids is 1. The number of anilines is 1. The summed E-state index contributed by atoms with van der Waals surface area (Å²) >= 11 is 3.18. The Morgan fingerprint density at radius 3 is 2.24 bits per heavy atom. The molecule has 0 spiro atoms. The van der Waals surface area contributed by atoms with Gasteiger partial charge in [0.1, 0.15) is 5.75 Å². The van der Waals surface area contributed by atoms with Crippen LogP contribution in [0.25, 0.3) is 0 Å². The summed E-state index contributed by atoms with van der Waals surface area (Å²) in [7, 11) is 1.64. The van der Waals surface area contributed by atoms with Crippen molar-refractivity contribution in [2.24, 2.45) is 0 Å². The Balaban J connectivity index is 1.83. The monoisotopic (exact) mass is 319 g/mol. The van der Waals surface area contributed by atoms with Crippen LogP contribution in [0.3, 0.4) is 0 Å². The van der Waals surface area contributed by atoms with E-state index < -0.39 is 0 Å². The molecule has 0 saturated heterocycles. The Labute approximate surface area is 133 Å². The van der Waals surface area contributed by atoms with E-state index in [2.05, 4.69) is 5.32 Å². The number of amides is 1. The van der Waals surface area contributed by atoms with Crippen molar-refractivity contribution in [2.45, 2.75) is 9.79 Å². The lowest BCUT2D eigenvalue weighted by atomic mass is 10.3. The minimum Gasteiger partial charge on any atom is -0.497 e. The molecule has 0 atom stereocenters. The smallest absolute Gasteiger partial charge is 0.234 e. The molecule has 1 N–H and O–H groups in total. The third kappa shape index (κ3) is 5.02. The van der Waals surface area contributed by atoms with Gasteiger partial charge in [0.05, 0.1) is 12.9 Å². The minimum absolute atomic E-state index is 0.00674. The van der Waals surface area contributed by atoms with Gasteiger partial charge >= 0.3 is 0 Å². The third-order valence-corrected chi connectivity index (χ3v) is 4.56. The highest BCUT2D eigenvalue weighted by Gasteiger charge is 2.04. The van der Waals surface area contributed by atoms with Crippen LogP contribution in [0.2, 0.25) is 0 Å². The van der Waals surface area contributed by atoms with Crippen LogP contribution in [0.15, 0.2) is 58.3 Å². The number of thioether (sulfide) groups is 2. The van der Waals surface area contributed by atoms with Gasteiger partial charge < -0.3 is 10.1 Å². The van der Waals surface area contributed by atoms with E-state index in [9.17, 15) is 4.79 Å². The van der Waals surface area contributed by atoms with E-state index in [-0.39, 0.29) is 5.91 Å².